The van der Waals surface area contributed by atoms with E-state index in [0.29, 0.717) is 0 Å². The lowest BCUT2D eigenvalue weighted by Gasteiger charge is -2.20. The molecule has 0 aliphatic heterocycles. The van der Waals surface area contributed by atoms with Gasteiger partial charge in [0.15, 0.2) is 0 Å². The molecule has 9 rings (SSSR count). The minimum absolute atomic E-state index is 0.822. The number of rotatable bonds is 3. The molecule has 0 amide bonds. The van der Waals surface area contributed by atoms with E-state index >= 15 is 0 Å². The molecule has 2 nitrogen and oxygen atoms in total. The third kappa shape index (κ3) is 3.27. The van der Waals surface area contributed by atoms with E-state index < -0.39 is 0 Å². The second kappa shape index (κ2) is 8.95. The van der Waals surface area contributed by atoms with Crippen LogP contribution in [0.5, 0.6) is 0 Å². The summed E-state index contributed by atoms with van der Waals surface area (Å²) in [7, 11) is 0. The summed E-state index contributed by atoms with van der Waals surface area (Å²) in [6.07, 6.45) is 1.75. The quantitative estimate of drug-likeness (QED) is 0.210. The number of hydrogen-bond donors (Lipinski definition) is 0. The largest absolute Gasteiger partial charge is 0.464 e. The van der Waals surface area contributed by atoms with E-state index in [1.54, 1.807) is 6.26 Å². The van der Waals surface area contributed by atoms with Crippen molar-refractivity contribution in [3.8, 4) is 33.4 Å². The highest BCUT2D eigenvalue weighted by molar-refractivity contribution is 6.28. The lowest BCUT2D eigenvalue weighted by Crippen LogP contribution is -1.93. The summed E-state index contributed by atoms with van der Waals surface area (Å²) in [5.74, 6) is 0. The Hall–Kier alpha value is -5.60. The minimum Gasteiger partial charge on any atom is -0.464 e. The molecule has 0 radical (unpaired) electrons. The van der Waals surface area contributed by atoms with Crippen molar-refractivity contribution in [1.82, 2.24) is 0 Å². The van der Waals surface area contributed by atoms with E-state index in [1.165, 1.54) is 49.4 Å². The van der Waals surface area contributed by atoms with Gasteiger partial charge in [-0.25, -0.2) is 0 Å². The molecule has 2 heteroatoms. The third-order valence-electron chi connectivity index (χ3n) is 8.56. The number of para-hydroxylation sites is 1. The Labute approximate surface area is 242 Å². The van der Waals surface area contributed by atoms with Gasteiger partial charge < -0.3 is 8.83 Å². The van der Waals surface area contributed by atoms with Gasteiger partial charge in [-0.2, -0.15) is 0 Å². The third-order valence-corrected chi connectivity index (χ3v) is 8.56. The van der Waals surface area contributed by atoms with Crippen molar-refractivity contribution in [3.63, 3.8) is 0 Å². The lowest BCUT2D eigenvalue weighted by molar-refractivity contribution is 0.615. The van der Waals surface area contributed by atoms with Crippen LogP contribution in [0.15, 0.2) is 155 Å². The van der Waals surface area contributed by atoms with Gasteiger partial charge in [0.1, 0.15) is 16.7 Å². The molecule has 196 valence electrons. The van der Waals surface area contributed by atoms with Gasteiger partial charge in [0.25, 0.3) is 0 Å². The van der Waals surface area contributed by atoms with E-state index in [2.05, 4.69) is 121 Å². The predicted molar refractivity (Wildman–Crippen MR) is 175 cm³/mol. The fourth-order valence-corrected chi connectivity index (χ4v) is 6.80. The van der Waals surface area contributed by atoms with Crippen molar-refractivity contribution < 1.29 is 8.83 Å². The maximum Gasteiger partial charge on any atom is 0.147 e. The number of fused-ring (bicyclic) bond motifs is 7. The second-order valence-corrected chi connectivity index (χ2v) is 10.8. The van der Waals surface area contributed by atoms with Gasteiger partial charge in [-0.15, -0.1) is 0 Å². The Morgan fingerprint density at radius 1 is 0.381 bits per heavy atom. The van der Waals surface area contributed by atoms with Crippen molar-refractivity contribution in [2.75, 3.05) is 0 Å². The lowest BCUT2D eigenvalue weighted by atomic mass is 9.83. The highest BCUT2D eigenvalue weighted by Crippen LogP contribution is 2.49. The smallest absolute Gasteiger partial charge is 0.147 e. The molecule has 0 fully saturated rings. The van der Waals surface area contributed by atoms with Crippen LogP contribution in [0.25, 0.3) is 87.8 Å². The SMILES string of the molecule is c1ccc(-c2ccccc2-c2c3ccccc3c(-c3cc4occc4c4oc5ccccc5c34)c3ccccc23)cc1. The molecule has 9 aromatic rings. The van der Waals surface area contributed by atoms with Gasteiger partial charge in [-0.05, 0) is 73.1 Å². The Morgan fingerprint density at radius 2 is 0.929 bits per heavy atom. The van der Waals surface area contributed by atoms with Crippen LogP contribution >= 0.6 is 0 Å². The van der Waals surface area contributed by atoms with Crippen molar-refractivity contribution in [2.45, 2.75) is 0 Å². The number of furan rings is 2. The summed E-state index contributed by atoms with van der Waals surface area (Å²) in [5.41, 5.74) is 9.78. The summed E-state index contributed by atoms with van der Waals surface area (Å²) in [4.78, 5) is 0. The molecule has 0 atom stereocenters. The Balaban J connectivity index is 1.48. The van der Waals surface area contributed by atoms with Gasteiger partial charge in [0.2, 0.25) is 0 Å². The molecule has 2 heterocycles. The zero-order valence-corrected chi connectivity index (χ0v) is 22.7. The first-order valence-electron chi connectivity index (χ1n) is 14.3. The van der Waals surface area contributed by atoms with E-state index in [4.69, 9.17) is 8.83 Å². The molecule has 2 aromatic heterocycles. The monoisotopic (exact) mass is 536 g/mol. The molecule has 0 spiro atoms. The molecule has 0 aliphatic carbocycles. The molecule has 0 N–H and O–H groups in total. The van der Waals surface area contributed by atoms with Crippen LogP contribution in [0, 0.1) is 0 Å². The van der Waals surface area contributed by atoms with Gasteiger partial charge in [0, 0.05) is 10.8 Å². The standard InChI is InChI=1S/C40H24O2/c1-2-12-25(13-3-1)26-14-4-5-15-27(26)37-28-16-6-8-18-30(28)38(31-19-9-7-17-29(31)37)34-24-36-33(22-23-41-36)40-39(34)32-20-10-11-21-35(32)42-40/h1-24H. The van der Waals surface area contributed by atoms with Crippen LogP contribution in [-0.4, -0.2) is 0 Å². The summed E-state index contributed by atoms with van der Waals surface area (Å²) >= 11 is 0. The fraction of sp³-hybridized carbons (Fsp3) is 0. The van der Waals surface area contributed by atoms with Crippen molar-refractivity contribution >= 4 is 54.5 Å². The van der Waals surface area contributed by atoms with Crippen LogP contribution < -0.4 is 0 Å². The van der Waals surface area contributed by atoms with E-state index in [-0.39, 0.29) is 0 Å². The van der Waals surface area contributed by atoms with Crippen LogP contribution in [-0.2, 0) is 0 Å². The molecule has 0 unspecified atom stereocenters. The predicted octanol–water partition coefficient (Wildman–Crippen LogP) is 11.6. The maximum absolute atomic E-state index is 6.51. The number of hydrogen-bond acceptors (Lipinski definition) is 2. The molecule has 0 saturated carbocycles. The first kappa shape index (κ1) is 23.1. The van der Waals surface area contributed by atoms with Crippen LogP contribution in [0.1, 0.15) is 0 Å². The minimum atomic E-state index is 0.822. The maximum atomic E-state index is 6.51. The Bertz CT molecular complexity index is 2400. The van der Waals surface area contributed by atoms with Crippen molar-refractivity contribution in [1.29, 1.82) is 0 Å². The summed E-state index contributed by atoms with van der Waals surface area (Å²) in [6, 6.07) is 49.6. The second-order valence-electron chi connectivity index (χ2n) is 10.8. The summed E-state index contributed by atoms with van der Waals surface area (Å²) < 4.78 is 12.5. The first-order chi connectivity index (χ1) is 20.9. The topological polar surface area (TPSA) is 26.3 Å². The number of benzene rings is 7. The molecule has 0 bridgehead atoms. The molecule has 0 aliphatic rings. The fourth-order valence-electron chi connectivity index (χ4n) is 6.80. The molecular formula is C40H24O2. The van der Waals surface area contributed by atoms with E-state index in [9.17, 15) is 0 Å². The van der Waals surface area contributed by atoms with Gasteiger partial charge in [0.05, 0.1) is 11.6 Å². The van der Waals surface area contributed by atoms with Gasteiger partial charge in [-0.3, -0.25) is 0 Å². The van der Waals surface area contributed by atoms with Crippen LogP contribution in [0.2, 0.25) is 0 Å². The van der Waals surface area contributed by atoms with Gasteiger partial charge >= 0.3 is 0 Å². The molecule has 42 heavy (non-hydrogen) atoms. The van der Waals surface area contributed by atoms with Crippen LogP contribution in [0.4, 0.5) is 0 Å². The Kier molecular flexibility index (Phi) is 4.93. The average molecular weight is 537 g/mol. The summed E-state index contributed by atoms with van der Waals surface area (Å²) in [5, 5.41) is 8.06. The van der Waals surface area contributed by atoms with Crippen LogP contribution in [0.3, 0.4) is 0 Å². The average Bonchev–Trinajstić information content (AvgIpc) is 3.69. The van der Waals surface area contributed by atoms with Gasteiger partial charge in [-0.1, -0.05) is 121 Å². The normalized spacial score (nSPS) is 11.8. The Morgan fingerprint density at radius 3 is 1.62 bits per heavy atom. The van der Waals surface area contributed by atoms with E-state index in [1.807, 2.05) is 18.2 Å². The molecular weight excluding hydrogens is 512 g/mol. The highest BCUT2D eigenvalue weighted by Gasteiger charge is 2.23. The zero-order valence-electron chi connectivity index (χ0n) is 22.7. The van der Waals surface area contributed by atoms with Crippen molar-refractivity contribution in [3.05, 3.63) is 146 Å². The molecule has 0 saturated heterocycles. The van der Waals surface area contributed by atoms with Crippen molar-refractivity contribution in [2.24, 2.45) is 0 Å². The summed E-state index contributed by atoms with van der Waals surface area (Å²) in [6.45, 7) is 0. The highest BCUT2D eigenvalue weighted by atomic mass is 16.3. The zero-order chi connectivity index (χ0) is 27.6. The van der Waals surface area contributed by atoms with E-state index in [0.717, 1.165) is 38.5 Å². The first-order valence-corrected chi connectivity index (χ1v) is 14.3. The molecule has 7 aromatic carbocycles.